The summed E-state index contributed by atoms with van der Waals surface area (Å²) in [5.41, 5.74) is 8.79. The van der Waals surface area contributed by atoms with Gasteiger partial charge in [0.2, 0.25) is 0 Å². The highest BCUT2D eigenvalue weighted by molar-refractivity contribution is 5.86. The topological polar surface area (TPSA) is 141 Å². The van der Waals surface area contributed by atoms with Crippen LogP contribution in [0.25, 0.3) is 50.2 Å². The Labute approximate surface area is 453 Å². The molecular weight excluding hydrogens is 993 g/mol. The number of aromatic nitrogens is 6. The van der Waals surface area contributed by atoms with Crippen molar-refractivity contribution in [3.8, 4) is 17.1 Å². The van der Waals surface area contributed by atoms with E-state index in [-0.39, 0.29) is 21.7 Å². The number of benzene rings is 6. The molecule has 0 saturated heterocycles. The first-order chi connectivity index (χ1) is 38.5. The zero-order valence-corrected chi connectivity index (χ0v) is 43.7. The van der Waals surface area contributed by atoms with Crippen LogP contribution < -0.4 is 32.2 Å². The minimum atomic E-state index is -0.488. The minimum Gasteiger partial charge on any atom is -0.341 e. The van der Waals surface area contributed by atoms with Crippen molar-refractivity contribution in [1.29, 1.82) is 0 Å². The van der Waals surface area contributed by atoms with Crippen LogP contribution in [0.2, 0.25) is 0 Å². The van der Waals surface area contributed by atoms with Crippen molar-refractivity contribution in [2.24, 2.45) is 0 Å². The molecule has 3 N–H and O–H groups in total. The van der Waals surface area contributed by atoms with Gasteiger partial charge in [-0.2, -0.15) is 0 Å². The van der Waals surface area contributed by atoms with E-state index in [0.717, 1.165) is 51.6 Å². The van der Waals surface area contributed by atoms with Gasteiger partial charge in [-0.15, -0.1) is 0 Å². The molecular formula is C65H53F2N9O3. The number of fused-ring (bicyclic) bond motifs is 3. The predicted octanol–water partition coefficient (Wildman–Crippen LogP) is 14.2. The van der Waals surface area contributed by atoms with Gasteiger partial charge in [-0.05, 0) is 112 Å². The molecule has 12 rings (SSSR count). The van der Waals surface area contributed by atoms with Gasteiger partial charge in [0.25, 0.3) is 0 Å². The maximum Gasteiger partial charge on any atom is 0.193 e. The SMILES string of the molecule is CCc1c(F)cnc2c1c(=O)cc(Nc1ccccc1)n2-c1ccccc1.Cc1c(F)cnc2c1c(=O)cc(Nc1ccccc1)n2-c1ccccc1.Cc1cc2c(=O)cc(Nc3ccccc3)n(-c3ccccc3)c2nc1C. The summed E-state index contributed by atoms with van der Waals surface area (Å²) in [6.07, 6.45) is 2.76. The molecule has 79 heavy (non-hydrogen) atoms. The monoisotopic (exact) mass is 1050 g/mol. The third-order valence-electron chi connectivity index (χ3n) is 13.3. The highest BCUT2D eigenvalue weighted by atomic mass is 19.1. The summed E-state index contributed by atoms with van der Waals surface area (Å²) in [5, 5.41) is 11.1. The molecule has 0 aliphatic heterocycles. The molecule has 12 nitrogen and oxygen atoms in total. The van der Waals surface area contributed by atoms with Crippen molar-refractivity contribution in [3.05, 3.63) is 283 Å². The van der Waals surface area contributed by atoms with Crippen molar-refractivity contribution in [2.75, 3.05) is 16.0 Å². The van der Waals surface area contributed by atoms with Crippen LogP contribution in [0.3, 0.4) is 0 Å². The highest BCUT2D eigenvalue weighted by Crippen LogP contribution is 2.30. The third-order valence-corrected chi connectivity index (χ3v) is 13.3. The second-order valence-electron chi connectivity index (χ2n) is 18.5. The molecule has 6 heterocycles. The van der Waals surface area contributed by atoms with Gasteiger partial charge in [-0.25, -0.2) is 23.7 Å². The summed E-state index contributed by atoms with van der Waals surface area (Å²) < 4.78 is 33.9. The molecule has 0 unspecified atom stereocenters. The van der Waals surface area contributed by atoms with E-state index in [1.165, 1.54) is 18.3 Å². The standard InChI is InChI=1S/C22H18FN3O.C22H19N3O.C21H16FN3O/c1-2-17-18(23)14-24-22-21(17)19(27)13-20(25-15-9-5-3-6-10-15)26(22)16-11-7-4-8-12-16;1-15-13-19-20(26)14-21(24-17-9-5-3-6-10-17)25(22(19)23-16(15)2)18-11-7-4-8-12-18;1-14-17(22)13-23-21-20(14)18(26)12-19(24-15-8-4-2-5-9-15)25(21)16-10-6-3-7-11-16/h3-14,25H,2H2,1H3;3-14,24H,1-2H3;2-13,24H,1H3. The fraction of sp³-hybridized carbons (Fsp3) is 0.0769. The quantitative estimate of drug-likeness (QED) is 0.122. The van der Waals surface area contributed by atoms with E-state index in [9.17, 15) is 23.2 Å². The average molecular weight is 1050 g/mol. The summed E-state index contributed by atoms with van der Waals surface area (Å²) >= 11 is 0. The van der Waals surface area contributed by atoms with Gasteiger partial charge in [-0.3, -0.25) is 28.1 Å². The van der Waals surface area contributed by atoms with Crippen molar-refractivity contribution in [2.45, 2.75) is 34.1 Å². The zero-order valence-electron chi connectivity index (χ0n) is 43.7. The second-order valence-corrected chi connectivity index (χ2v) is 18.5. The largest absolute Gasteiger partial charge is 0.341 e. The summed E-state index contributed by atoms with van der Waals surface area (Å²) in [4.78, 5) is 51.5. The van der Waals surface area contributed by atoms with Crippen LogP contribution in [0.15, 0.2) is 233 Å². The molecule has 0 spiro atoms. The van der Waals surface area contributed by atoms with E-state index in [1.807, 2.05) is 223 Å². The molecule has 0 saturated carbocycles. The molecule has 390 valence electrons. The van der Waals surface area contributed by atoms with Crippen LogP contribution in [0.5, 0.6) is 0 Å². The van der Waals surface area contributed by atoms with Crippen LogP contribution in [0.4, 0.5) is 43.3 Å². The van der Waals surface area contributed by atoms with E-state index in [2.05, 4.69) is 25.9 Å². The van der Waals surface area contributed by atoms with Gasteiger partial charge in [0.05, 0.1) is 28.6 Å². The lowest BCUT2D eigenvalue weighted by molar-refractivity contribution is 0.609. The van der Waals surface area contributed by atoms with Gasteiger partial charge in [-0.1, -0.05) is 116 Å². The fourth-order valence-corrected chi connectivity index (χ4v) is 9.29. The molecule has 0 aliphatic carbocycles. The second kappa shape index (κ2) is 23.3. The van der Waals surface area contributed by atoms with Crippen molar-refractivity contribution >= 4 is 67.6 Å². The van der Waals surface area contributed by atoms with Gasteiger partial charge >= 0.3 is 0 Å². The van der Waals surface area contributed by atoms with Crippen LogP contribution >= 0.6 is 0 Å². The lowest BCUT2D eigenvalue weighted by Gasteiger charge is -2.18. The first-order valence-corrected chi connectivity index (χ1v) is 25.6. The van der Waals surface area contributed by atoms with E-state index in [4.69, 9.17) is 4.98 Å². The first-order valence-electron chi connectivity index (χ1n) is 25.6. The molecule has 0 bridgehead atoms. The predicted molar refractivity (Wildman–Crippen MR) is 315 cm³/mol. The molecule has 12 aromatic rings. The average Bonchev–Trinajstić information content (AvgIpc) is 3.63. The number of pyridine rings is 6. The molecule has 0 radical (unpaired) electrons. The Balaban J connectivity index is 0.000000134. The van der Waals surface area contributed by atoms with Crippen molar-refractivity contribution < 1.29 is 8.78 Å². The number of rotatable bonds is 10. The summed E-state index contributed by atoms with van der Waals surface area (Å²) in [6.45, 7) is 7.37. The van der Waals surface area contributed by atoms with E-state index >= 15 is 0 Å². The van der Waals surface area contributed by atoms with Gasteiger partial charge < -0.3 is 16.0 Å². The van der Waals surface area contributed by atoms with Crippen LogP contribution in [0, 0.1) is 32.4 Å². The van der Waals surface area contributed by atoms with Gasteiger partial charge in [0.15, 0.2) is 16.3 Å². The van der Waals surface area contributed by atoms with Crippen LogP contribution in [0.1, 0.15) is 29.3 Å². The van der Waals surface area contributed by atoms with Gasteiger partial charge in [0, 0.05) is 69.1 Å². The fourth-order valence-electron chi connectivity index (χ4n) is 9.29. The third kappa shape index (κ3) is 11.2. The molecule has 0 amide bonds. The van der Waals surface area contributed by atoms with Crippen LogP contribution in [-0.4, -0.2) is 28.7 Å². The summed E-state index contributed by atoms with van der Waals surface area (Å²) in [7, 11) is 0. The van der Waals surface area contributed by atoms with E-state index in [1.54, 1.807) is 13.0 Å². The molecule has 14 heteroatoms. The summed E-state index contributed by atoms with van der Waals surface area (Å²) in [5.74, 6) is 0.892. The minimum absolute atomic E-state index is 0.0405. The smallest absolute Gasteiger partial charge is 0.193 e. The number of anilines is 6. The van der Waals surface area contributed by atoms with Crippen LogP contribution in [-0.2, 0) is 6.42 Å². The lowest BCUT2D eigenvalue weighted by Crippen LogP contribution is -2.15. The Morgan fingerprint density at radius 2 is 0.785 bits per heavy atom. The summed E-state index contributed by atoms with van der Waals surface area (Å²) in [6, 6.07) is 64.6. The number of para-hydroxylation sites is 6. The number of nitrogens with one attached hydrogen (secondary N) is 3. The first kappa shape index (κ1) is 52.1. The molecule has 6 aromatic heterocycles. The maximum atomic E-state index is 14.3. The Hall–Kier alpha value is -10.3. The number of halogens is 2. The highest BCUT2D eigenvalue weighted by Gasteiger charge is 2.20. The number of nitrogens with zero attached hydrogens (tertiary/aromatic N) is 6. The Bertz CT molecular complexity index is 4220. The van der Waals surface area contributed by atoms with Gasteiger partial charge in [0.1, 0.15) is 46.0 Å². The maximum absolute atomic E-state index is 14.3. The Kier molecular flexibility index (Phi) is 15.4. The molecule has 0 atom stereocenters. The molecule has 0 fully saturated rings. The van der Waals surface area contributed by atoms with Crippen molar-refractivity contribution in [1.82, 2.24) is 28.7 Å². The zero-order chi connectivity index (χ0) is 55.0. The lowest BCUT2D eigenvalue weighted by atomic mass is 10.1. The van der Waals surface area contributed by atoms with Crippen molar-refractivity contribution in [3.63, 3.8) is 0 Å². The molecule has 0 aliphatic rings. The number of hydrogen-bond donors (Lipinski definition) is 3. The number of aryl methyl sites for hydroxylation is 4. The number of hydrogen-bond acceptors (Lipinski definition) is 9. The van der Waals surface area contributed by atoms with E-state index < -0.39 is 11.6 Å². The molecule has 6 aromatic carbocycles. The Morgan fingerprint density at radius 1 is 0.430 bits per heavy atom. The normalized spacial score (nSPS) is 10.9. The Morgan fingerprint density at radius 3 is 1.20 bits per heavy atom. The van der Waals surface area contributed by atoms with E-state index in [0.29, 0.717) is 62.7 Å².